The molecule has 0 N–H and O–H groups in total. The highest BCUT2D eigenvalue weighted by Gasteiger charge is 2.33. The first kappa shape index (κ1) is 14.9. The minimum absolute atomic E-state index is 0.245. The van der Waals surface area contributed by atoms with Crippen LogP contribution in [0.1, 0.15) is 59.8 Å². The second kappa shape index (κ2) is 6.70. The lowest BCUT2D eigenvalue weighted by Gasteiger charge is -2.34. The fourth-order valence-electron chi connectivity index (χ4n) is 2.64. The summed E-state index contributed by atoms with van der Waals surface area (Å²) in [6.45, 7) is 8.50. The van der Waals surface area contributed by atoms with Gasteiger partial charge in [-0.2, -0.15) is 4.99 Å². The Kier molecular flexibility index (Phi) is 5.55. The molecule has 0 aromatic carbocycles. The summed E-state index contributed by atoms with van der Waals surface area (Å²) in [7, 11) is 0. The van der Waals surface area contributed by atoms with Crippen LogP contribution in [0.2, 0.25) is 0 Å². The van der Waals surface area contributed by atoms with E-state index in [0.717, 1.165) is 32.1 Å². The topological polar surface area (TPSA) is 29.4 Å². The van der Waals surface area contributed by atoms with Crippen molar-refractivity contribution < 1.29 is 4.79 Å². The maximum absolute atomic E-state index is 10.7. The summed E-state index contributed by atoms with van der Waals surface area (Å²) in [5.41, 5.74) is 2.55. The fraction of sp³-hybridized carbons (Fsp3) is 0.688. The zero-order chi connectivity index (χ0) is 13.6. The Balaban J connectivity index is 2.74. The zero-order valence-corrected chi connectivity index (χ0v) is 12.1. The lowest BCUT2D eigenvalue weighted by molar-refractivity contribution is 0.258. The SMILES string of the molecule is CC(C)=CCC[C@@](C)(N=C=O)[C@H]1CC=C(C)CC1. The summed E-state index contributed by atoms with van der Waals surface area (Å²) in [6, 6.07) is 0. The van der Waals surface area contributed by atoms with Gasteiger partial charge in [0.1, 0.15) is 0 Å². The van der Waals surface area contributed by atoms with E-state index < -0.39 is 0 Å². The van der Waals surface area contributed by atoms with E-state index in [1.54, 1.807) is 6.08 Å². The van der Waals surface area contributed by atoms with Crippen LogP contribution in [0.5, 0.6) is 0 Å². The summed E-state index contributed by atoms with van der Waals surface area (Å²) in [4.78, 5) is 14.8. The van der Waals surface area contributed by atoms with Gasteiger partial charge in [-0.1, -0.05) is 23.3 Å². The molecule has 1 aliphatic carbocycles. The number of hydrogen-bond donors (Lipinski definition) is 0. The number of aliphatic imine (C=N–C) groups is 1. The molecule has 18 heavy (non-hydrogen) atoms. The first-order valence-electron chi connectivity index (χ1n) is 6.86. The van der Waals surface area contributed by atoms with Gasteiger partial charge in [-0.15, -0.1) is 0 Å². The minimum Gasteiger partial charge on any atom is -0.211 e. The van der Waals surface area contributed by atoms with Crippen molar-refractivity contribution in [1.29, 1.82) is 0 Å². The van der Waals surface area contributed by atoms with Crippen LogP contribution < -0.4 is 0 Å². The lowest BCUT2D eigenvalue weighted by Crippen LogP contribution is -2.33. The van der Waals surface area contributed by atoms with Crippen molar-refractivity contribution in [3.8, 4) is 0 Å². The summed E-state index contributed by atoms with van der Waals surface area (Å²) < 4.78 is 0. The predicted molar refractivity (Wildman–Crippen MR) is 76.3 cm³/mol. The Hall–Kier alpha value is -1.14. The quantitative estimate of drug-likeness (QED) is 0.397. The van der Waals surface area contributed by atoms with E-state index in [1.807, 2.05) is 0 Å². The molecule has 0 aromatic rings. The summed E-state index contributed by atoms with van der Waals surface area (Å²) >= 11 is 0. The first-order valence-corrected chi connectivity index (χ1v) is 6.86. The van der Waals surface area contributed by atoms with Crippen molar-refractivity contribution in [2.75, 3.05) is 0 Å². The number of carbonyl (C=O) groups excluding carboxylic acids is 1. The molecule has 0 radical (unpaired) electrons. The molecular formula is C16H25NO. The number of rotatable bonds is 5. The van der Waals surface area contributed by atoms with Crippen molar-refractivity contribution in [1.82, 2.24) is 0 Å². The molecule has 1 rings (SSSR count). The van der Waals surface area contributed by atoms with Gasteiger partial charge in [0.2, 0.25) is 6.08 Å². The monoisotopic (exact) mass is 247 g/mol. The minimum atomic E-state index is -0.245. The largest absolute Gasteiger partial charge is 0.235 e. The van der Waals surface area contributed by atoms with Gasteiger partial charge >= 0.3 is 0 Å². The van der Waals surface area contributed by atoms with E-state index >= 15 is 0 Å². The van der Waals surface area contributed by atoms with Crippen molar-refractivity contribution in [2.45, 2.75) is 65.3 Å². The van der Waals surface area contributed by atoms with Gasteiger partial charge in [0.05, 0.1) is 5.54 Å². The molecule has 0 saturated heterocycles. The molecule has 1 aliphatic rings. The molecule has 0 aliphatic heterocycles. The molecule has 0 spiro atoms. The smallest absolute Gasteiger partial charge is 0.211 e. The third-order valence-electron chi connectivity index (χ3n) is 4.02. The highest BCUT2D eigenvalue weighted by Crippen LogP contribution is 2.37. The number of hydrogen-bond acceptors (Lipinski definition) is 2. The van der Waals surface area contributed by atoms with Crippen molar-refractivity contribution >= 4 is 6.08 Å². The Labute approximate surface area is 111 Å². The van der Waals surface area contributed by atoms with Gasteiger partial charge in [0, 0.05) is 0 Å². The normalized spacial score (nSPS) is 22.4. The van der Waals surface area contributed by atoms with Crippen LogP contribution in [0, 0.1) is 5.92 Å². The maximum Gasteiger partial charge on any atom is 0.235 e. The number of nitrogens with zero attached hydrogens (tertiary/aromatic N) is 1. The molecule has 2 heteroatoms. The van der Waals surface area contributed by atoms with Gasteiger partial charge < -0.3 is 0 Å². The highest BCUT2D eigenvalue weighted by molar-refractivity contribution is 5.35. The van der Waals surface area contributed by atoms with Crippen LogP contribution in [0.3, 0.4) is 0 Å². The van der Waals surface area contributed by atoms with E-state index in [-0.39, 0.29) is 5.54 Å². The Morgan fingerprint density at radius 1 is 1.61 bits per heavy atom. The number of allylic oxidation sites excluding steroid dienone is 4. The van der Waals surface area contributed by atoms with E-state index in [9.17, 15) is 4.79 Å². The number of isocyanates is 1. The maximum atomic E-state index is 10.7. The molecule has 0 aromatic heterocycles. The van der Waals surface area contributed by atoms with Gasteiger partial charge in [0.15, 0.2) is 0 Å². The molecule has 0 saturated carbocycles. The molecule has 0 unspecified atom stereocenters. The van der Waals surface area contributed by atoms with E-state index in [2.05, 4.69) is 44.8 Å². The molecule has 100 valence electrons. The van der Waals surface area contributed by atoms with Crippen LogP contribution in [0.4, 0.5) is 0 Å². The fourth-order valence-corrected chi connectivity index (χ4v) is 2.64. The van der Waals surface area contributed by atoms with E-state index in [1.165, 1.54) is 11.1 Å². The van der Waals surface area contributed by atoms with Crippen molar-refractivity contribution in [3.05, 3.63) is 23.3 Å². The second-order valence-corrected chi connectivity index (χ2v) is 5.90. The Morgan fingerprint density at radius 3 is 2.83 bits per heavy atom. The molecule has 0 fully saturated rings. The van der Waals surface area contributed by atoms with Crippen molar-refractivity contribution in [2.24, 2.45) is 10.9 Å². The zero-order valence-electron chi connectivity index (χ0n) is 12.1. The molecule has 0 bridgehead atoms. The third-order valence-corrected chi connectivity index (χ3v) is 4.02. The van der Waals surface area contributed by atoms with Crippen LogP contribution in [-0.2, 0) is 4.79 Å². The Bertz CT molecular complexity index is 384. The molecule has 0 heterocycles. The molecular weight excluding hydrogens is 222 g/mol. The summed E-state index contributed by atoms with van der Waals surface area (Å²) in [6.07, 6.45) is 11.6. The first-order chi connectivity index (χ1) is 8.48. The predicted octanol–water partition coefficient (Wildman–Crippen LogP) is 4.57. The van der Waals surface area contributed by atoms with Crippen LogP contribution >= 0.6 is 0 Å². The lowest BCUT2D eigenvalue weighted by atomic mass is 9.74. The molecule has 2 nitrogen and oxygen atoms in total. The van der Waals surface area contributed by atoms with Crippen LogP contribution in [-0.4, -0.2) is 11.6 Å². The summed E-state index contributed by atoms with van der Waals surface area (Å²) in [5, 5.41) is 0. The average molecular weight is 247 g/mol. The van der Waals surface area contributed by atoms with Gasteiger partial charge in [-0.25, -0.2) is 4.79 Å². The van der Waals surface area contributed by atoms with Crippen LogP contribution in [0.25, 0.3) is 0 Å². The van der Waals surface area contributed by atoms with Gasteiger partial charge in [0.25, 0.3) is 0 Å². The van der Waals surface area contributed by atoms with E-state index in [0.29, 0.717) is 5.92 Å². The van der Waals surface area contributed by atoms with Crippen LogP contribution in [0.15, 0.2) is 28.3 Å². The Morgan fingerprint density at radius 2 is 2.33 bits per heavy atom. The standard InChI is InChI=1S/C16H25NO/c1-13(2)6-5-11-16(4,17-12-18)15-9-7-14(3)8-10-15/h6-7,15H,5,8-11H2,1-4H3/t15-,16+/m0/s1. The van der Waals surface area contributed by atoms with E-state index in [4.69, 9.17) is 0 Å². The molecule has 2 atom stereocenters. The second-order valence-electron chi connectivity index (χ2n) is 5.90. The highest BCUT2D eigenvalue weighted by atomic mass is 16.1. The van der Waals surface area contributed by atoms with Crippen molar-refractivity contribution in [3.63, 3.8) is 0 Å². The van der Waals surface area contributed by atoms with Gasteiger partial charge in [-0.05, 0) is 65.7 Å². The third kappa shape index (κ3) is 4.27. The summed E-state index contributed by atoms with van der Waals surface area (Å²) in [5.74, 6) is 0.480. The van der Waals surface area contributed by atoms with Gasteiger partial charge in [-0.3, -0.25) is 0 Å². The molecule has 0 amide bonds. The average Bonchev–Trinajstić information content (AvgIpc) is 2.29.